The van der Waals surface area contributed by atoms with E-state index in [9.17, 15) is 0 Å². The molecule has 1 aliphatic carbocycles. The van der Waals surface area contributed by atoms with Crippen LogP contribution in [0.25, 0.3) is 0 Å². The van der Waals surface area contributed by atoms with E-state index in [4.69, 9.17) is 5.11 Å². The Morgan fingerprint density at radius 3 is 2.70 bits per heavy atom. The van der Waals surface area contributed by atoms with E-state index in [0.29, 0.717) is 12.6 Å². The molecule has 2 heteroatoms. The van der Waals surface area contributed by atoms with Crippen molar-refractivity contribution in [2.75, 3.05) is 13.2 Å². The fourth-order valence-electron chi connectivity index (χ4n) is 1.94. The van der Waals surface area contributed by atoms with Crippen molar-refractivity contribution in [3.8, 4) is 0 Å². The lowest BCUT2D eigenvalue weighted by atomic mass is 10.2. The molecular weight excluding hydrogens is 126 g/mol. The Hall–Kier alpha value is -0.0800. The van der Waals surface area contributed by atoms with Gasteiger partial charge in [-0.2, -0.15) is 0 Å². The number of nitrogens with zero attached hydrogens (tertiary/aromatic N) is 1. The first-order valence-corrected chi connectivity index (χ1v) is 4.28. The van der Waals surface area contributed by atoms with Gasteiger partial charge in [-0.25, -0.2) is 0 Å². The van der Waals surface area contributed by atoms with Crippen molar-refractivity contribution in [3.05, 3.63) is 0 Å². The standard InChI is InChI=1S/C8H15NO/c10-6-8-2-1-5-9(8)7-3-4-7/h7-8,10H,1-6H2/t8-/m0/s1. The Kier molecular flexibility index (Phi) is 1.66. The number of rotatable bonds is 2. The predicted molar refractivity (Wildman–Crippen MR) is 39.8 cm³/mol. The van der Waals surface area contributed by atoms with Crippen molar-refractivity contribution in [1.29, 1.82) is 0 Å². The van der Waals surface area contributed by atoms with Gasteiger partial charge in [0.25, 0.3) is 0 Å². The molecule has 2 fully saturated rings. The summed E-state index contributed by atoms with van der Waals surface area (Å²) in [6.07, 6.45) is 5.25. The lowest BCUT2D eigenvalue weighted by Gasteiger charge is -2.21. The molecular formula is C8H15NO. The van der Waals surface area contributed by atoms with Crippen LogP contribution in [0.4, 0.5) is 0 Å². The average Bonchev–Trinajstić information content (AvgIpc) is 2.69. The monoisotopic (exact) mass is 141 g/mol. The van der Waals surface area contributed by atoms with Crippen molar-refractivity contribution < 1.29 is 5.11 Å². The van der Waals surface area contributed by atoms with Crippen LogP contribution in [0.3, 0.4) is 0 Å². The Balaban J connectivity index is 1.91. The second kappa shape index (κ2) is 2.51. The Morgan fingerprint density at radius 1 is 1.30 bits per heavy atom. The van der Waals surface area contributed by atoms with Gasteiger partial charge in [0.15, 0.2) is 0 Å². The van der Waals surface area contributed by atoms with Crippen LogP contribution in [0.2, 0.25) is 0 Å². The first kappa shape index (κ1) is 6.62. The molecule has 0 aromatic heterocycles. The Labute approximate surface area is 61.8 Å². The SMILES string of the molecule is OC[C@@H]1CCCN1C1CC1. The highest BCUT2D eigenvalue weighted by atomic mass is 16.3. The van der Waals surface area contributed by atoms with Gasteiger partial charge in [0.1, 0.15) is 0 Å². The maximum absolute atomic E-state index is 8.97. The second-order valence-electron chi connectivity index (χ2n) is 3.45. The summed E-state index contributed by atoms with van der Waals surface area (Å²) in [6.45, 7) is 1.60. The van der Waals surface area contributed by atoms with Crippen molar-refractivity contribution in [3.63, 3.8) is 0 Å². The minimum Gasteiger partial charge on any atom is -0.395 e. The number of likely N-dealkylation sites (tertiary alicyclic amines) is 1. The van der Waals surface area contributed by atoms with Crippen LogP contribution in [0.1, 0.15) is 25.7 Å². The van der Waals surface area contributed by atoms with E-state index in [0.717, 1.165) is 6.04 Å². The molecule has 0 aromatic rings. The van der Waals surface area contributed by atoms with Gasteiger partial charge < -0.3 is 5.11 Å². The quantitative estimate of drug-likeness (QED) is 0.609. The topological polar surface area (TPSA) is 23.5 Å². The molecule has 58 valence electrons. The van der Waals surface area contributed by atoms with Gasteiger partial charge >= 0.3 is 0 Å². The van der Waals surface area contributed by atoms with Gasteiger partial charge in [-0.1, -0.05) is 0 Å². The Bertz CT molecular complexity index is 122. The van der Waals surface area contributed by atoms with Gasteiger partial charge in [0.2, 0.25) is 0 Å². The second-order valence-corrected chi connectivity index (χ2v) is 3.45. The fraction of sp³-hybridized carbons (Fsp3) is 1.00. The zero-order valence-corrected chi connectivity index (χ0v) is 6.29. The van der Waals surface area contributed by atoms with Crippen LogP contribution in [-0.4, -0.2) is 35.2 Å². The molecule has 1 saturated heterocycles. The summed E-state index contributed by atoms with van der Waals surface area (Å²) in [5.41, 5.74) is 0. The summed E-state index contributed by atoms with van der Waals surface area (Å²) in [4.78, 5) is 2.49. The summed E-state index contributed by atoms with van der Waals surface area (Å²) in [6, 6.07) is 1.35. The van der Waals surface area contributed by atoms with E-state index in [1.807, 2.05) is 0 Å². The van der Waals surface area contributed by atoms with E-state index in [-0.39, 0.29) is 0 Å². The zero-order valence-electron chi connectivity index (χ0n) is 6.29. The van der Waals surface area contributed by atoms with Crippen LogP contribution in [0.15, 0.2) is 0 Å². The van der Waals surface area contributed by atoms with E-state index in [2.05, 4.69) is 4.90 Å². The summed E-state index contributed by atoms with van der Waals surface area (Å²) in [7, 11) is 0. The Morgan fingerprint density at radius 2 is 2.10 bits per heavy atom. The molecule has 0 bridgehead atoms. The summed E-state index contributed by atoms with van der Waals surface area (Å²) in [5.74, 6) is 0. The molecule has 2 rings (SSSR count). The molecule has 2 aliphatic rings. The fourth-order valence-corrected chi connectivity index (χ4v) is 1.94. The number of aliphatic hydroxyl groups is 1. The lowest BCUT2D eigenvalue weighted by molar-refractivity contribution is 0.153. The molecule has 0 aromatic carbocycles. The maximum atomic E-state index is 8.97. The minimum atomic E-state index is 0.372. The average molecular weight is 141 g/mol. The van der Waals surface area contributed by atoms with Crippen LogP contribution < -0.4 is 0 Å². The van der Waals surface area contributed by atoms with E-state index < -0.39 is 0 Å². The largest absolute Gasteiger partial charge is 0.395 e. The summed E-state index contributed by atoms with van der Waals surface area (Å²) < 4.78 is 0. The highest BCUT2D eigenvalue weighted by Crippen LogP contribution is 2.32. The molecule has 0 amide bonds. The molecule has 1 saturated carbocycles. The molecule has 2 nitrogen and oxygen atoms in total. The van der Waals surface area contributed by atoms with Crippen molar-refractivity contribution in [2.45, 2.75) is 37.8 Å². The number of aliphatic hydroxyl groups excluding tert-OH is 1. The van der Waals surface area contributed by atoms with E-state index >= 15 is 0 Å². The van der Waals surface area contributed by atoms with Gasteiger partial charge in [0.05, 0.1) is 6.61 Å². The van der Waals surface area contributed by atoms with Crippen LogP contribution in [-0.2, 0) is 0 Å². The van der Waals surface area contributed by atoms with E-state index in [1.54, 1.807) is 0 Å². The van der Waals surface area contributed by atoms with Crippen molar-refractivity contribution in [1.82, 2.24) is 4.90 Å². The zero-order chi connectivity index (χ0) is 6.97. The van der Waals surface area contributed by atoms with Crippen LogP contribution in [0, 0.1) is 0 Å². The molecule has 0 unspecified atom stereocenters. The first-order valence-electron chi connectivity index (χ1n) is 4.28. The molecule has 0 spiro atoms. The minimum absolute atomic E-state index is 0.372. The third-order valence-electron chi connectivity index (χ3n) is 2.65. The molecule has 0 radical (unpaired) electrons. The van der Waals surface area contributed by atoms with Crippen molar-refractivity contribution >= 4 is 0 Å². The third-order valence-corrected chi connectivity index (χ3v) is 2.65. The van der Waals surface area contributed by atoms with Gasteiger partial charge in [0, 0.05) is 12.1 Å². The van der Waals surface area contributed by atoms with Gasteiger partial charge in [-0.05, 0) is 32.2 Å². The smallest absolute Gasteiger partial charge is 0.0586 e. The normalized spacial score (nSPS) is 35.1. The first-order chi connectivity index (χ1) is 4.92. The van der Waals surface area contributed by atoms with E-state index in [1.165, 1.54) is 32.2 Å². The van der Waals surface area contributed by atoms with Gasteiger partial charge in [-0.3, -0.25) is 4.90 Å². The predicted octanol–water partition coefficient (Wildman–Crippen LogP) is 0.605. The van der Waals surface area contributed by atoms with Gasteiger partial charge in [-0.15, -0.1) is 0 Å². The summed E-state index contributed by atoms with van der Waals surface area (Å²) in [5, 5.41) is 8.97. The molecule has 1 heterocycles. The molecule has 1 N–H and O–H groups in total. The van der Waals surface area contributed by atoms with Crippen LogP contribution >= 0.6 is 0 Å². The van der Waals surface area contributed by atoms with Crippen LogP contribution in [0.5, 0.6) is 0 Å². The highest BCUT2D eigenvalue weighted by molar-refractivity contribution is 4.91. The molecule has 10 heavy (non-hydrogen) atoms. The molecule has 1 aliphatic heterocycles. The van der Waals surface area contributed by atoms with Crippen molar-refractivity contribution in [2.24, 2.45) is 0 Å². The molecule has 1 atom stereocenters. The third kappa shape index (κ3) is 1.06. The lowest BCUT2D eigenvalue weighted by Crippen LogP contribution is -2.33. The highest BCUT2D eigenvalue weighted by Gasteiger charge is 2.35. The number of hydrogen-bond donors (Lipinski definition) is 1. The number of hydrogen-bond acceptors (Lipinski definition) is 2. The maximum Gasteiger partial charge on any atom is 0.0586 e. The summed E-state index contributed by atoms with van der Waals surface area (Å²) >= 11 is 0.